The summed E-state index contributed by atoms with van der Waals surface area (Å²) in [5, 5.41) is 3.20. The Morgan fingerprint density at radius 2 is 1.88 bits per heavy atom. The lowest BCUT2D eigenvalue weighted by atomic mass is 10.2. The maximum absolute atomic E-state index is 5.72. The van der Waals surface area contributed by atoms with E-state index < -0.39 is 0 Å². The van der Waals surface area contributed by atoms with Gasteiger partial charge in [-0.2, -0.15) is 0 Å². The predicted octanol–water partition coefficient (Wildman–Crippen LogP) is 3.61. The van der Waals surface area contributed by atoms with E-state index in [-0.39, 0.29) is 0 Å². The monoisotopic (exact) mass is 228 g/mol. The van der Waals surface area contributed by atoms with E-state index in [1.807, 2.05) is 37.3 Å². The second-order valence-corrected chi connectivity index (χ2v) is 3.85. The third-order valence-electron chi connectivity index (χ3n) is 2.35. The molecular weight excluding hydrogens is 212 g/mol. The van der Waals surface area contributed by atoms with E-state index >= 15 is 0 Å². The molecule has 88 valence electrons. The molecule has 2 rings (SSSR count). The fourth-order valence-corrected chi connectivity index (χ4v) is 1.52. The fraction of sp³-hybridized carbons (Fsp3) is 0.214. The van der Waals surface area contributed by atoms with Crippen molar-refractivity contribution in [2.24, 2.45) is 0 Å². The molecule has 1 heterocycles. The zero-order valence-corrected chi connectivity index (χ0v) is 10.1. The number of pyridine rings is 1. The van der Waals surface area contributed by atoms with Crippen LogP contribution in [0.15, 0.2) is 42.7 Å². The zero-order valence-electron chi connectivity index (χ0n) is 10.1. The molecule has 1 aromatic carbocycles. The molecule has 3 nitrogen and oxygen atoms in total. The average Bonchev–Trinajstić information content (AvgIpc) is 2.33. The second kappa shape index (κ2) is 5.34. The van der Waals surface area contributed by atoms with Gasteiger partial charge in [-0.1, -0.05) is 17.7 Å². The Bertz CT molecular complexity index is 480. The predicted molar refractivity (Wildman–Crippen MR) is 69.7 cm³/mol. The summed E-state index contributed by atoms with van der Waals surface area (Å²) in [5.41, 5.74) is 2.19. The van der Waals surface area contributed by atoms with Crippen LogP contribution in [0.2, 0.25) is 0 Å². The molecule has 0 saturated carbocycles. The molecule has 0 amide bonds. The molecule has 3 heteroatoms. The number of benzene rings is 1. The third-order valence-corrected chi connectivity index (χ3v) is 2.35. The lowest BCUT2D eigenvalue weighted by molar-refractivity contribution is 0.480. The highest BCUT2D eigenvalue weighted by atomic mass is 16.5. The molecule has 17 heavy (non-hydrogen) atoms. The Morgan fingerprint density at radius 3 is 2.59 bits per heavy atom. The van der Waals surface area contributed by atoms with Gasteiger partial charge in [0.15, 0.2) is 0 Å². The van der Waals surface area contributed by atoms with Gasteiger partial charge in [0, 0.05) is 12.6 Å². The molecule has 1 aromatic heterocycles. The molecule has 0 aliphatic carbocycles. The minimum absolute atomic E-state index is 0.743. The van der Waals surface area contributed by atoms with Crippen LogP contribution in [0.5, 0.6) is 11.5 Å². The van der Waals surface area contributed by atoms with E-state index in [2.05, 4.69) is 17.2 Å². The molecule has 0 fully saturated rings. The highest BCUT2D eigenvalue weighted by molar-refractivity contribution is 5.46. The smallest absolute Gasteiger partial charge is 0.147 e. The number of anilines is 1. The van der Waals surface area contributed by atoms with Crippen molar-refractivity contribution >= 4 is 5.69 Å². The van der Waals surface area contributed by atoms with Crippen molar-refractivity contribution in [1.29, 1.82) is 0 Å². The molecule has 0 spiro atoms. The lowest BCUT2D eigenvalue weighted by Crippen LogP contribution is -1.97. The summed E-state index contributed by atoms with van der Waals surface area (Å²) < 4.78 is 5.72. The normalized spacial score (nSPS) is 10.0. The zero-order chi connectivity index (χ0) is 12.1. The molecule has 0 bridgehead atoms. The van der Waals surface area contributed by atoms with Gasteiger partial charge in [-0.15, -0.1) is 0 Å². The summed E-state index contributed by atoms with van der Waals surface area (Å²) in [6.07, 6.45) is 3.49. The van der Waals surface area contributed by atoms with E-state index in [0.717, 1.165) is 23.7 Å². The number of hydrogen-bond acceptors (Lipinski definition) is 3. The SMILES string of the molecule is CCNc1cncc(Oc2ccc(C)cc2)c1. The van der Waals surface area contributed by atoms with Crippen LogP contribution in [0, 0.1) is 6.92 Å². The van der Waals surface area contributed by atoms with Crippen LogP contribution in [-0.4, -0.2) is 11.5 Å². The summed E-state index contributed by atoms with van der Waals surface area (Å²) in [6.45, 7) is 4.97. The van der Waals surface area contributed by atoms with Gasteiger partial charge in [0.2, 0.25) is 0 Å². The summed E-state index contributed by atoms with van der Waals surface area (Å²) in [6, 6.07) is 9.90. The van der Waals surface area contributed by atoms with Crippen molar-refractivity contribution < 1.29 is 4.74 Å². The van der Waals surface area contributed by atoms with E-state index in [0.29, 0.717) is 0 Å². The number of nitrogens with one attached hydrogen (secondary N) is 1. The molecule has 0 unspecified atom stereocenters. The number of aromatic nitrogens is 1. The van der Waals surface area contributed by atoms with Crippen LogP contribution in [0.1, 0.15) is 12.5 Å². The van der Waals surface area contributed by atoms with Crippen LogP contribution in [0.25, 0.3) is 0 Å². The second-order valence-electron chi connectivity index (χ2n) is 3.85. The maximum atomic E-state index is 5.72. The maximum Gasteiger partial charge on any atom is 0.147 e. The van der Waals surface area contributed by atoms with E-state index in [1.165, 1.54) is 5.56 Å². The van der Waals surface area contributed by atoms with Crippen LogP contribution in [0.3, 0.4) is 0 Å². The highest BCUT2D eigenvalue weighted by Crippen LogP contribution is 2.23. The minimum atomic E-state index is 0.743. The Hall–Kier alpha value is -2.03. The number of aryl methyl sites for hydroxylation is 1. The van der Waals surface area contributed by atoms with Gasteiger partial charge < -0.3 is 10.1 Å². The van der Waals surface area contributed by atoms with Crippen LogP contribution >= 0.6 is 0 Å². The molecule has 0 radical (unpaired) electrons. The van der Waals surface area contributed by atoms with Crippen molar-refractivity contribution in [3.05, 3.63) is 48.3 Å². The minimum Gasteiger partial charge on any atom is -0.456 e. The van der Waals surface area contributed by atoms with Crippen molar-refractivity contribution in [3.63, 3.8) is 0 Å². The fourth-order valence-electron chi connectivity index (χ4n) is 1.52. The van der Waals surface area contributed by atoms with Gasteiger partial charge in [-0.3, -0.25) is 4.98 Å². The molecule has 0 atom stereocenters. The number of ether oxygens (including phenoxy) is 1. The van der Waals surface area contributed by atoms with Crippen molar-refractivity contribution in [2.45, 2.75) is 13.8 Å². The van der Waals surface area contributed by atoms with Crippen molar-refractivity contribution in [3.8, 4) is 11.5 Å². The first kappa shape index (κ1) is 11.5. The van der Waals surface area contributed by atoms with Gasteiger partial charge in [0.25, 0.3) is 0 Å². The molecule has 1 N–H and O–H groups in total. The first-order valence-electron chi connectivity index (χ1n) is 5.71. The topological polar surface area (TPSA) is 34.2 Å². The Kier molecular flexibility index (Phi) is 3.60. The van der Waals surface area contributed by atoms with E-state index in [9.17, 15) is 0 Å². The largest absolute Gasteiger partial charge is 0.456 e. The Labute approximate surface area is 101 Å². The summed E-state index contributed by atoms with van der Waals surface area (Å²) in [7, 11) is 0. The van der Waals surface area contributed by atoms with Gasteiger partial charge in [0.05, 0.1) is 18.1 Å². The standard InChI is InChI=1S/C14H16N2O/c1-3-16-12-8-14(10-15-9-12)17-13-6-4-11(2)5-7-13/h4-10,16H,3H2,1-2H3. The van der Waals surface area contributed by atoms with Gasteiger partial charge >= 0.3 is 0 Å². The van der Waals surface area contributed by atoms with Crippen molar-refractivity contribution in [2.75, 3.05) is 11.9 Å². The van der Waals surface area contributed by atoms with Crippen molar-refractivity contribution in [1.82, 2.24) is 4.98 Å². The van der Waals surface area contributed by atoms with E-state index in [4.69, 9.17) is 4.74 Å². The first-order chi connectivity index (χ1) is 8.28. The average molecular weight is 228 g/mol. The summed E-state index contributed by atoms with van der Waals surface area (Å²) in [5.74, 6) is 1.57. The number of hydrogen-bond donors (Lipinski definition) is 1. The molecule has 0 aliphatic heterocycles. The van der Waals surface area contributed by atoms with Crippen LogP contribution in [-0.2, 0) is 0 Å². The molecule has 0 saturated heterocycles. The first-order valence-corrected chi connectivity index (χ1v) is 5.71. The lowest BCUT2D eigenvalue weighted by Gasteiger charge is -2.07. The summed E-state index contributed by atoms with van der Waals surface area (Å²) in [4.78, 5) is 4.13. The van der Waals surface area contributed by atoms with Crippen LogP contribution in [0.4, 0.5) is 5.69 Å². The molecule has 2 aromatic rings. The quantitative estimate of drug-likeness (QED) is 0.868. The summed E-state index contributed by atoms with van der Waals surface area (Å²) >= 11 is 0. The van der Waals surface area contributed by atoms with Gasteiger partial charge in [-0.05, 0) is 26.0 Å². The van der Waals surface area contributed by atoms with Gasteiger partial charge in [0.1, 0.15) is 11.5 Å². The Balaban J connectivity index is 2.12. The number of nitrogens with zero attached hydrogens (tertiary/aromatic N) is 1. The molecule has 0 aliphatic rings. The van der Waals surface area contributed by atoms with E-state index in [1.54, 1.807) is 12.4 Å². The highest BCUT2D eigenvalue weighted by Gasteiger charge is 1.99. The third kappa shape index (κ3) is 3.21. The van der Waals surface area contributed by atoms with Crippen LogP contribution < -0.4 is 10.1 Å². The van der Waals surface area contributed by atoms with Gasteiger partial charge in [-0.25, -0.2) is 0 Å². The molecular formula is C14H16N2O. The Morgan fingerprint density at radius 1 is 1.12 bits per heavy atom. The number of rotatable bonds is 4.